The van der Waals surface area contributed by atoms with Crippen molar-refractivity contribution in [2.75, 3.05) is 18.0 Å². The average Bonchev–Trinajstić information content (AvgIpc) is 3.49. The van der Waals surface area contributed by atoms with Crippen LogP contribution >= 0.6 is 7.92 Å². The van der Waals surface area contributed by atoms with E-state index < -0.39 is 7.92 Å². The van der Waals surface area contributed by atoms with Gasteiger partial charge in [-0.25, -0.2) is 0 Å². The van der Waals surface area contributed by atoms with Crippen LogP contribution in [0.2, 0.25) is 0 Å². The van der Waals surface area contributed by atoms with E-state index in [2.05, 4.69) is 140 Å². The number of benzene rings is 4. The second-order valence-corrected chi connectivity index (χ2v) is 9.59. The van der Waals surface area contributed by atoms with E-state index >= 15 is 0 Å². The molecule has 1 heterocycles. The molecule has 0 N–H and O–H groups in total. The number of anilines is 1. The third kappa shape index (κ3) is 9.72. The topological polar surface area (TPSA) is 43.0 Å². The van der Waals surface area contributed by atoms with Crippen LogP contribution in [-0.4, -0.2) is 13.1 Å². The van der Waals surface area contributed by atoms with Crippen molar-refractivity contribution in [3.63, 3.8) is 0 Å². The molecule has 0 atom stereocenters. The first kappa shape index (κ1) is 30.2. The summed E-state index contributed by atoms with van der Waals surface area (Å²) in [5.74, 6) is 0. The third-order valence-electron chi connectivity index (χ3n) is 5.27. The minimum absolute atomic E-state index is 0. The van der Waals surface area contributed by atoms with E-state index in [1.807, 2.05) is 0 Å². The summed E-state index contributed by atoms with van der Waals surface area (Å²) < 4.78 is 15.0. The van der Waals surface area contributed by atoms with Crippen LogP contribution < -0.4 is 20.8 Å². The van der Waals surface area contributed by atoms with Gasteiger partial charge in [-0.1, -0.05) is 109 Å². The van der Waals surface area contributed by atoms with Crippen molar-refractivity contribution in [1.82, 2.24) is 0 Å². The van der Waals surface area contributed by atoms with Crippen molar-refractivity contribution < 1.29 is 26.7 Å². The second-order valence-electron chi connectivity index (χ2n) is 7.37. The van der Waals surface area contributed by atoms with Crippen LogP contribution in [-0.2, 0) is 26.7 Å². The predicted molar refractivity (Wildman–Crippen MR) is 141 cm³/mol. The van der Waals surface area contributed by atoms with Crippen LogP contribution in [0.3, 0.4) is 0 Å². The molecule has 5 heteroatoms. The molecule has 4 aromatic carbocycles. The maximum atomic E-state index is 7.50. The van der Waals surface area contributed by atoms with Gasteiger partial charge in [0.1, 0.15) is 0 Å². The Balaban J connectivity index is 0.000000328. The van der Waals surface area contributed by atoms with Gasteiger partial charge in [0.05, 0.1) is 0 Å². The zero-order valence-corrected chi connectivity index (χ0v) is 21.7. The normalized spacial score (nSPS) is 11.3. The number of hydrogen-bond acceptors (Lipinski definition) is 1. The van der Waals surface area contributed by atoms with Crippen molar-refractivity contribution in [3.05, 3.63) is 135 Å². The molecule has 1 fully saturated rings. The Kier molecular flexibility index (Phi) is 15.9. The van der Waals surface area contributed by atoms with Crippen LogP contribution in [0.1, 0.15) is 12.8 Å². The Morgan fingerprint density at radius 1 is 0.486 bits per heavy atom. The van der Waals surface area contributed by atoms with E-state index in [0.29, 0.717) is 0 Å². The molecule has 0 saturated carbocycles. The number of rotatable bonds is 4. The largest absolute Gasteiger partial charge is 0.372 e. The summed E-state index contributed by atoms with van der Waals surface area (Å²) in [6, 6.07) is 43.0. The molecule has 0 aromatic heterocycles. The van der Waals surface area contributed by atoms with Crippen molar-refractivity contribution in [1.29, 1.82) is 0 Å². The zero-order chi connectivity index (χ0) is 24.4. The summed E-state index contributed by atoms with van der Waals surface area (Å²) in [5.41, 5.74) is 1.38. The standard InChI is InChI=1S/C18H15P.C10H13N.2CO.Cr/c1-4-10-16(11-5-1)19(17-12-6-2-7-13-17)18-14-8-3-9-15-18;1-2-6-10(7-3-1)11-8-4-5-9-11;2*1-2;/h1-15H;1-3,6-7H,4-5,8-9H2;;;. The van der Waals surface area contributed by atoms with Crippen molar-refractivity contribution in [2.45, 2.75) is 12.8 Å². The molecule has 0 bridgehead atoms. The average molecular weight is 518 g/mol. The molecule has 5 rings (SSSR count). The van der Waals surface area contributed by atoms with E-state index in [1.165, 1.54) is 47.5 Å². The Morgan fingerprint density at radius 3 is 1.09 bits per heavy atom. The molecular formula is C30H28CrNO2P. The van der Waals surface area contributed by atoms with Gasteiger partial charge in [-0.15, -0.1) is 0 Å². The monoisotopic (exact) mass is 517 g/mol. The smallest absolute Gasteiger partial charge is 0.0366 e. The van der Waals surface area contributed by atoms with E-state index in [-0.39, 0.29) is 17.4 Å². The molecule has 4 aromatic rings. The first-order valence-corrected chi connectivity index (χ1v) is 12.4. The molecule has 0 spiro atoms. The van der Waals surface area contributed by atoms with Crippen molar-refractivity contribution in [3.8, 4) is 0 Å². The van der Waals surface area contributed by atoms with Crippen LogP contribution in [0, 0.1) is 13.3 Å². The van der Waals surface area contributed by atoms with Gasteiger partial charge in [0, 0.05) is 36.1 Å². The van der Waals surface area contributed by atoms with Crippen molar-refractivity contribution in [2.24, 2.45) is 0 Å². The summed E-state index contributed by atoms with van der Waals surface area (Å²) in [5, 5.41) is 4.19. The van der Waals surface area contributed by atoms with Gasteiger partial charge in [-0.05, 0) is 48.8 Å². The van der Waals surface area contributed by atoms with Gasteiger partial charge in [0.15, 0.2) is 0 Å². The Morgan fingerprint density at radius 2 is 0.771 bits per heavy atom. The van der Waals surface area contributed by atoms with Gasteiger partial charge in [0.2, 0.25) is 0 Å². The summed E-state index contributed by atoms with van der Waals surface area (Å²) in [6.45, 7) is 11.5. The quantitative estimate of drug-likeness (QED) is 0.196. The maximum absolute atomic E-state index is 7.50. The molecule has 176 valence electrons. The van der Waals surface area contributed by atoms with Gasteiger partial charge >= 0.3 is 22.6 Å². The zero-order valence-electron chi connectivity index (χ0n) is 19.5. The van der Waals surface area contributed by atoms with Gasteiger partial charge in [0.25, 0.3) is 0 Å². The minimum Gasteiger partial charge on any atom is -0.372 e. The number of hydrogen-bond donors (Lipinski definition) is 0. The molecule has 1 aliphatic rings. The van der Waals surface area contributed by atoms with E-state index in [1.54, 1.807) is 0 Å². The van der Waals surface area contributed by atoms with Crippen LogP contribution in [0.4, 0.5) is 5.69 Å². The molecule has 1 saturated heterocycles. The predicted octanol–water partition coefficient (Wildman–Crippen LogP) is 5.65. The molecule has 3 nitrogen and oxygen atoms in total. The van der Waals surface area contributed by atoms with E-state index in [4.69, 9.17) is 9.30 Å². The minimum atomic E-state index is -0.446. The van der Waals surface area contributed by atoms with Gasteiger partial charge < -0.3 is 4.90 Å². The Labute approximate surface area is 221 Å². The van der Waals surface area contributed by atoms with Crippen LogP contribution in [0.25, 0.3) is 0 Å². The molecule has 0 aliphatic carbocycles. The maximum Gasteiger partial charge on any atom is 0.0366 e. The summed E-state index contributed by atoms with van der Waals surface area (Å²) in [6.07, 6.45) is 2.71. The molecule has 35 heavy (non-hydrogen) atoms. The van der Waals surface area contributed by atoms with Crippen LogP contribution in [0.15, 0.2) is 121 Å². The van der Waals surface area contributed by atoms with E-state index in [0.717, 1.165) is 0 Å². The fraction of sp³-hybridized carbons (Fsp3) is 0.133. The molecular weight excluding hydrogens is 489 g/mol. The molecule has 0 unspecified atom stereocenters. The first-order valence-electron chi connectivity index (χ1n) is 11.1. The summed E-state index contributed by atoms with van der Waals surface area (Å²) in [4.78, 5) is 2.44. The number of nitrogens with zero attached hydrogens (tertiary/aromatic N) is 1. The number of para-hydroxylation sites is 1. The fourth-order valence-corrected chi connectivity index (χ4v) is 6.10. The van der Waals surface area contributed by atoms with Gasteiger partial charge in [-0.2, -0.15) is 0 Å². The van der Waals surface area contributed by atoms with Crippen LogP contribution in [0.5, 0.6) is 0 Å². The van der Waals surface area contributed by atoms with Gasteiger partial charge in [-0.3, -0.25) is 0 Å². The molecule has 1 aliphatic heterocycles. The van der Waals surface area contributed by atoms with Crippen molar-refractivity contribution >= 4 is 29.5 Å². The third-order valence-corrected chi connectivity index (χ3v) is 7.71. The van der Waals surface area contributed by atoms with E-state index in [9.17, 15) is 0 Å². The molecule has 0 radical (unpaired) electrons. The summed E-state index contributed by atoms with van der Waals surface area (Å²) >= 11 is 0. The Hall–Kier alpha value is -2.88. The Bertz CT molecular complexity index is 985. The fourth-order valence-electron chi connectivity index (χ4n) is 3.79. The molecule has 0 amide bonds. The second kappa shape index (κ2) is 18.5. The summed E-state index contributed by atoms with van der Waals surface area (Å²) in [7, 11) is -0.446. The first-order chi connectivity index (χ1) is 16.9. The SMILES string of the molecule is [C-]#[O+].[C-]#[O+].[Cr].c1ccc(N2CCCC2)cc1.c1ccc(P(c2ccccc2)c2ccccc2)cc1.